The molecule has 1 rings (SSSR count). The molecule has 0 fully saturated rings. The maximum absolute atomic E-state index is 13.0. The zero-order valence-corrected chi connectivity index (χ0v) is 17.5. The average molecular weight is 399 g/mol. The zero-order chi connectivity index (χ0) is 20.4. The van der Waals surface area contributed by atoms with Gasteiger partial charge in [0, 0.05) is 19.1 Å². The fourth-order valence-electron chi connectivity index (χ4n) is 2.78. The van der Waals surface area contributed by atoms with Gasteiger partial charge in [0.15, 0.2) is 0 Å². The molecule has 0 aliphatic carbocycles. The summed E-state index contributed by atoms with van der Waals surface area (Å²) in [6.07, 6.45) is 4.33. The Kier molecular flexibility index (Phi) is 10.0. The number of hydrogen-bond donors (Lipinski definition) is 2. The summed E-state index contributed by atoms with van der Waals surface area (Å²) in [6.45, 7) is 7.86. The molecule has 0 bridgehead atoms. The van der Waals surface area contributed by atoms with Gasteiger partial charge in [0.25, 0.3) is 0 Å². The van der Waals surface area contributed by atoms with Crippen LogP contribution in [0.4, 0.5) is 0 Å². The maximum atomic E-state index is 13.0. The minimum absolute atomic E-state index is 0.0187. The molecule has 0 heterocycles. The molecule has 0 spiro atoms. The average Bonchev–Trinajstić information content (AvgIpc) is 2.64. The number of allylic oxidation sites excluding steroid dienone is 1. The lowest BCUT2D eigenvalue weighted by Crippen LogP contribution is -2.46. The van der Waals surface area contributed by atoms with E-state index >= 15 is 0 Å². The van der Waals surface area contributed by atoms with E-state index in [-0.39, 0.29) is 17.4 Å². The third kappa shape index (κ3) is 7.62. The highest BCUT2D eigenvalue weighted by Gasteiger charge is 2.29. The molecule has 0 aliphatic heterocycles. The van der Waals surface area contributed by atoms with Crippen molar-refractivity contribution in [2.45, 2.75) is 56.6 Å². The molecular formula is C20H34N2O4S. The third-order valence-electron chi connectivity index (χ3n) is 4.35. The molecule has 3 N–H and O–H groups in total. The van der Waals surface area contributed by atoms with Crippen LogP contribution in [0.3, 0.4) is 0 Å². The highest BCUT2D eigenvalue weighted by molar-refractivity contribution is 7.89. The highest BCUT2D eigenvalue weighted by Crippen LogP contribution is 2.21. The lowest BCUT2D eigenvalue weighted by molar-refractivity contribution is 0.112. The number of rotatable bonds is 13. The molecule has 2 atom stereocenters. The second-order valence-electron chi connectivity index (χ2n) is 7.20. The van der Waals surface area contributed by atoms with Crippen molar-refractivity contribution in [3.05, 3.63) is 36.9 Å². The highest BCUT2D eigenvalue weighted by atomic mass is 32.2. The number of ether oxygens (including phenoxy) is 1. The molecule has 6 nitrogen and oxygen atoms in total. The van der Waals surface area contributed by atoms with Crippen molar-refractivity contribution in [3.63, 3.8) is 0 Å². The summed E-state index contributed by atoms with van der Waals surface area (Å²) in [5, 5.41) is 10.5. The fourth-order valence-corrected chi connectivity index (χ4v) is 4.40. The van der Waals surface area contributed by atoms with Crippen molar-refractivity contribution in [2.24, 2.45) is 11.7 Å². The van der Waals surface area contributed by atoms with Gasteiger partial charge in [-0.05, 0) is 49.4 Å². The minimum atomic E-state index is -3.73. The SMILES string of the molecule is C=CCCCC[C@H](N)[C@H](O)CN(CC(C)C)S(=O)(=O)c1ccc(OC)cc1. The molecule has 0 saturated heterocycles. The van der Waals surface area contributed by atoms with Crippen molar-refractivity contribution >= 4 is 10.0 Å². The number of sulfonamides is 1. The van der Waals surface area contributed by atoms with Crippen molar-refractivity contribution in [1.29, 1.82) is 0 Å². The Balaban J connectivity index is 2.88. The Morgan fingerprint density at radius 2 is 1.85 bits per heavy atom. The number of methoxy groups -OCH3 is 1. The predicted octanol–water partition coefficient (Wildman–Crippen LogP) is 2.78. The lowest BCUT2D eigenvalue weighted by Gasteiger charge is -2.28. The van der Waals surface area contributed by atoms with Gasteiger partial charge >= 0.3 is 0 Å². The van der Waals surface area contributed by atoms with Gasteiger partial charge < -0.3 is 15.6 Å². The second-order valence-corrected chi connectivity index (χ2v) is 9.13. The first-order valence-electron chi connectivity index (χ1n) is 9.41. The largest absolute Gasteiger partial charge is 0.497 e. The van der Waals surface area contributed by atoms with Crippen molar-refractivity contribution in [3.8, 4) is 5.75 Å². The van der Waals surface area contributed by atoms with Crippen LogP contribution >= 0.6 is 0 Å². The molecule has 1 aromatic rings. The van der Waals surface area contributed by atoms with Crippen molar-refractivity contribution in [1.82, 2.24) is 4.31 Å². The van der Waals surface area contributed by atoms with Gasteiger partial charge in [-0.15, -0.1) is 6.58 Å². The molecule has 1 aromatic carbocycles. The van der Waals surface area contributed by atoms with Crippen LogP contribution in [0.1, 0.15) is 39.5 Å². The van der Waals surface area contributed by atoms with Crippen LogP contribution in [0, 0.1) is 5.92 Å². The van der Waals surface area contributed by atoms with Gasteiger partial charge in [0.05, 0.1) is 18.1 Å². The van der Waals surface area contributed by atoms with Gasteiger partial charge in [-0.1, -0.05) is 26.3 Å². The van der Waals surface area contributed by atoms with Gasteiger partial charge in [-0.2, -0.15) is 4.31 Å². The van der Waals surface area contributed by atoms with Gasteiger partial charge in [-0.3, -0.25) is 0 Å². The molecule has 154 valence electrons. The smallest absolute Gasteiger partial charge is 0.243 e. The summed E-state index contributed by atoms with van der Waals surface area (Å²) >= 11 is 0. The summed E-state index contributed by atoms with van der Waals surface area (Å²) < 4.78 is 32.5. The number of nitrogens with zero attached hydrogens (tertiary/aromatic N) is 1. The van der Waals surface area contributed by atoms with E-state index in [4.69, 9.17) is 10.5 Å². The molecule has 0 radical (unpaired) electrons. The van der Waals surface area contributed by atoms with E-state index in [1.165, 1.54) is 23.5 Å². The topological polar surface area (TPSA) is 92.9 Å². The van der Waals surface area contributed by atoms with Crippen LogP contribution in [-0.4, -0.2) is 50.2 Å². The van der Waals surface area contributed by atoms with E-state index in [1.54, 1.807) is 12.1 Å². The first-order chi connectivity index (χ1) is 12.7. The number of unbranched alkanes of at least 4 members (excludes halogenated alkanes) is 2. The summed E-state index contributed by atoms with van der Waals surface area (Å²) in [5.74, 6) is 0.708. The summed E-state index contributed by atoms with van der Waals surface area (Å²) in [4.78, 5) is 0.177. The number of aliphatic hydroxyl groups excluding tert-OH is 1. The van der Waals surface area contributed by atoms with Crippen LogP contribution in [-0.2, 0) is 10.0 Å². The summed E-state index contributed by atoms with van der Waals surface area (Å²) in [5.41, 5.74) is 6.08. The molecule has 0 amide bonds. The van der Waals surface area contributed by atoms with E-state index in [9.17, 15) is 13.5 Å². The Morgan fingerprint density at radius 3 is 2.37 bits per heavy atom. The molecule has 0 unspecified atom stereocenters. The molecule has 0 aromatic heterocycles. The molecular weight excluding hydrogens is 364 g/mol. The summed E-state index contributed by atoms with van der Waals surface area (Å²) in [6, 6.07) is 5.80. The Morgan fingerprint density at radius 1 is 1.22 bits per heavy atom. The first kappa shape index (κ1) is 23.6. The maximum Gasteiger partial charge on any atom is 0.243 e. The monoisotopic (exact) mass is 398 g/mol. The zero-order valence-electron chi connectivity index (χ0n) is 16.7. The van der Waals surface area contributed by atoms with E-state index in [2.05, 4.69) is 6.58 Å². The number of benzene rings is 1. The number of hydrogen-bond acceptors (Lipinski definition) is 5. The first-order valence-corrected chi connectivity index (χ1v) is 10.8. The van der Waals surface area contributed by atoms with Gasteiger partial charge in [-0.25, -0.2) is 8.42 Å². The van der Waals surface area contributed by atoms with E-state index in [1.807, 2.05) is 19.9 Å². The molecule has 7 heteroatoms. The standard InChI is InChI=1S/C20H34N2O4S/c1-5-6-7-8-9-19(21)20(23)15-22(14-16(2)3)27(24,25)18-12-10-17(26-4)11-13-18/h5,10-13,16,19-20,23H,1,6-9,14-15,21H2,2-4H3/t19-,20+/m0/s1. The van der Waals surface area contributed by atoms with Gasteiger partial charge in [0.2, 0.25) is 10.0 Å². The second kappa shape index (κ2) is 11.4. The van der Waals surface area contributed by atoms with Crippen LogP contribution in [0.15, 0.2) is 41.8 Å². The van der Waals surface area contributed by atoms with Gasteiger partial charge in [0.1, 0.15) is 5.75 Å². The molecule has 27 heavy (non-hydrogen) atoms. The molecule has 0 saturated carbocycles. The van der Waals surface area contributed by atoms with Crippen LogP contribution < -0.4 is 10.5 Å². The van der Waals surface area contributed by atoms with Crippen molar-refractivity contribution < 1.29 is 18.3 Å². The number of aliphatic hydroxyl groups is 1. The van der Waals surface area contributed by atoms with E-state index in [0.29, 0.717) is 18.7 Å². The van der Waals surface area contributed by atoms with E-state index in [0.717, 1.165) is 19.3 Å². The Hall–Kier alpha value is -1.41. The normalized spacial score (nSPS) is 14.3. The predicted molar refractivity (Wildman–Crippen MR) is 109 cm³/mol. The lowest BCUT2D eigenvalue weighted by atomic mass is 10.0. The Bertz CT molecular complexity index is 659. The quantitative estimate of drug-likeness (QED) is 0.394. The van der Waals surface area contributed by atoms with E-state index < -0.39 is 22.2 Å². The van der Waals surface area contributed by atoms with Crippen molar-refractivity contribution in [2.75, 3.05) is 20.2 Å². The van der Waals surface area contributed by atoms with Crippen LogP contribution in [0.2, 0.25) is 0 Å². The molecule has 0 aliphatic rings. The van der Waals surface area contributed by atoms with Crippen LogP contribution in [0.5, 0.6) is 5.75 Å². The third-order valence-corrected chi connectivity index (χ3v) is 6.19. The minimum Gasteiger partial charge on any atom is -0.497 e. The summed E-state index contributed by atoms with van der Waals surface area (Å²) in [7, 11) is -2.20. The fraction of sp³-hybridized carbons (Fsp3) is 0.600. The Labute approximate surface area is 164 Å². The van der Waals surface area contributed by atoms with Crippen LogP contribution in [0.25, 0.3) is 0 Å². The number of nitrogens with two attached hydrogens (primary N) is 1.